The third-order valence-electron chi connectivity index (χ3n) is 10.0. The maximum atomic E-state index is 13.0. The number of imide groups is 1. The Morgan fingerprint density at radius 1 is 0.944 bits per heavy atom. The van der Waals surface area contributed by atoms with Crippen LogP contribution in [-0.4, -0.2) is 40.7 Å². The number of carbonyl (C=O) groups is 3. The van der Waals surface area contributed by atoms with Crippen LogP contribution in [0.4, 0.5) is 0 Å². The van der Waals surface area contributed by atoms with Crippen LogP contribution in [0.1, 0.15) is 105 Å². The normalized spacial score (nSPS) is 32.4. The Kier molecular flexibility index (Phi) is 6.65. The molecule has 194 valence electrons. The predicted octanol–water partition coefficient (Wildman–Crippen LogP) is 4.50. The molecule has 0 radical (unpaired) electrons. The van der Waals surface area contributed by atoms with Gasteiger partial charge >= 0.3 is 0 Å². The van der Waals surface area contributed by atoms with E-state index in [1.807, 2.05) is 12.1 Å². The lowest BCUT2D eigenvalue weighted by Crippen LogP contribution is -2.52. The first kappa shape index (κ1) is 24.1. The number of piperidine rings is 1. The van der Waals surface area contributed by atoms with E-state index in [1.54, 1.807) is 4.90 Å². The molecule has 2 aliphatic heterocycles. The zero-order valence-electron chi connectivity index (χ0n) is 21.5. The highest BCUT2D eigenvalue weighted by Crippen LogP contribution is 2.60. The smallest absolute Gasteiger partial charge is 0.255 e. The molecule has 4 bridgehead atoms. The molecule has 6 nitrogen and oxygen atoms in total. The number of nitrogens with one attached hydrogen (secondary N) is 2. The van der Waals surface area contributed by atoms with Gasteiger partial charge in [-0.25, -0.2) is 0 Å². The van der Waals surface area contributed by atoms with E-state index >= 15 is 0 Å². The number of nitrogens with zero attached hydrogens (tertiary/aromatic N) is 1. The Bertz CT molecular complexity index is 1020. The highest BCUT2D eigenvalue weighted by Gasteiger charge is 2.57. The Morgan fingerprint density at radius 3 is 2.47 bits per heavy atom. The highest BCUT2D eigenvalue weighted by molar-refractivity contribution is 6.05. The summed E-state index contributed by atoms with van der Waals surface area (Å²) in [6.45, 7) is 1.68. The van der Waals surface area contributed by atoms with Crippen molar-refractivity contribution < 1.29 is 14.4 Å². The molecule has 7 rings (SSSR count). The molecular formula is C30H41N3O3. The second-order valence-electron chi connectivity index (χ2n) is 12.3. The minimum Gasteiger partial charge on any atom is -0.322 e. The summed E-state index contributed by atoms with van der Waals surface area (Å²) in [4.78, 5) is 38.5. The van der Waals surface area contributed by atoms with E-state index < -0.39 is 6.04 Å². The summed E-state index contributed by atoms with van der Waals surface area (Å²) in [7, 11) is 0. The van der Waals surface area contributed by atoms with Crippen LogP contribution in [-0.2, 0) is 22.6 Å². The standard InChI is InChI=1S/C30H41N3O3/c34-27-12-11-26(28(35)32-27)33-19-25-22(9-7-10-24(25)29(33)36)8-5-3-1-2-4-6-13-31-30-17-20-14-21(18-30)16-23(30)15-20/h7,9-10,20-21,23,26,31H,1-6,8,11-19H2,(H,32,34,35). The van der Waals surface area contributed by atoms with Crippen LogP contribution >= 0.6 is 0 Å². The summed E-state index contributed by atoms with van der Waals surface area (Å²) in [5.41, 5.74) is 3.57. The Balaban J connectivity index is 0.902. The van der Waals surface area contributed by atoms with Crippen LogP contribution in [0.2, 0.25) is 0 Å². The molecule has 1 aromatic carbocycles. The van der Waals surface area contributed by atoms with E-state index in [4.69, 9.17) is 0 Å². The minimum absolute atomic E-state index is 0.0759. The van der Waals surface area contributed by atoms with Crippen molar-refractivity contribution >= 4 is 17.7 Å². The van der Waals surface area contributed by atoms with Crippen LogP contribution in [0.3, 0.4) is 0 Å². The summed E-state index contributed by atoms with van der Waals surface area (Å²) in [6, 6.07) is 5.44. The molecule has 36 heavy (non-hydrogen) atoms. The number of hydrogen-bond donors (Lipinski definition) is 2. The van der Waals surface area contributed by atoms with Crippen molar-refractivity contribution in [3.05, 3.63) is 34.9 Å². The number of aryl methyl sites for hydroxylation is 1. The molecule has 3 atom stereocenters. The van der Waals surface area contributed by atoms with Crippen molar-refractivity contribution in [3.63, 3.8) is 0 Å². The molecular weight excluding hydrogens is 450 g/mol. The van der Waals surface area contributed by atoms with Gasteiger partial charge in [0.1, 0.15) is 6.04 Å². The number of hydrogen-bond acceptors (Lipinski definition) is 4. The zero-order chi connectivity index (χ0) is 24.7. The van der Waals surface area contributed by atoms with E-state index in [0.29, 0.717) is 24.9 Å². The van der Waals surface area contributed by atoms with Crippen molar-refractivity contribution in [2.24, 2.45) is 17.8 Å². The molecule has 4 aliphatic carbocycles. The van der Waals surface area contributed by atoms with Gasteiger partial charge in [0, 0.05) is 24.1 Å². The number of rotatable bonds is 11. The number of benzene rings is 1. The summed E-state index contributed by atoms with van der Waals surface area (Å²) >= 11 is 0. The van der Waals surface area contributed by atoms with Crippen molar-refractivity contribution in [2.75, 3.05) is 6.54 Å². The molecule has 2 N–H and O–H groups in total. The van der Waals surface area contributed by atoms with Crippen LogP contribution in [0.15, 0.2) is 18.2 Å². The topological polar surface area (TPSA) is 78.5 Å². The molecule has 0 aromatic heterocycles. The molecule has 6 heteroatoms. The highest BCUT2D eigenvalue weighted by atomic mass is 16.2. The Morgan fingerprint density at radius 2 is 1.69 bits per heavy atom. The van der Waals surface area contributed by atoms with Gasteiger partial charge in [0.15, 0.2) is 0 Å². The van der Waals surface area contributed by atoms with Gasteiger partial charge < -0.3 is 10.2 Å². The minimum atomic E-state index is -0.538. The molecule has 4 saturated carbocycles. The van der Waals surface area contributed by atoms with Gasteiger partial charge in [-0.15, -0.1) is 0 Å². The van der Waals surface area contributed by atoms with E-state index in [9.17, 15) is 14.4 Å². The fourth-order valence-electron chi connectivity index (χ4n) is 8.45. The average molecular weight is 492 g/mol. The molecule has 2 heterocycles. The van der Waals surface area contributed by atoms with Gasteiger partial charge in [-0.1, -0.05) is 37.8 Å². The Hall–Kier alpha value is -2.21. The van der Waals surface area contributed by atoms with Gasteiger partial charge in [0.2, 0.25) is 11.8 Å². The molecule has 3 amide bonds. The van der Waals surface area contributed by atoms with Crippen molar-refractivity contribution in [1.82, 2.24) is 15.5 Å². The number of fused-ring (bicyclic) bond motifs is 1. The van der Waals surface area contributed by atoms with Crippen molar-refractivity contribution in [3.8, 4) is 0 Å². The van der Waals surface area contributed by atoms with Crippen molar-refractivity contribution in [2.45, 2.75) is 108 Å². The molecule has 1 aromatic rings. The van der Waals surface area contributed by atoms with Gasteiger partial charge in [0.05, 0.1) is 0 Å². The molecule has 0 spiro atoms. The Labute approximate surface area is 215 Å². The maximum absolute atomic E-state index is 13.0. The lowest BCUT2D eigenvalue weighted by atomic mass is 9.80. The zero-order valence-corrected chi connectivity index (χ0v) is 21.5. The summed E-state index contributed by atoms with van der Waals surface area (Å²) in [5.74, 6) is 2.37. The summed E-state index contributed by atoms with van der Waals surface area (Å²) in [5, 5.41) is 6.41. The van der Waals surface area contributed by atoms with Crippen LogP contribution in [0.25, 0.3) is 0 Å². The quantitative estimate of drug-likeness (QED) is 0.353. The molecule has 3 unspecified atom stereocenters. The van der Waals surface area contributed by atoms with E-state index in [-0.39, 0.29) is 17.7 Å². The lowest BCUT2D eigenvalue weighted by molar-refractivity contribution is -0.136. The molecule has 5 fully saturated rings. The van der Waals surface area contributed by atoms with E-state index in [2.05, 4.69) is 16.7 Å². The first-order valence-corrected chi connectivity index (χ1v) is 14.5. The van der Waals surface area contributed by atoms with Crippen molar-refractivity contribution in [1.29, 1.82) is 0 Å². The molecule has 1 saturated heterocycles. The number of amides is 3. The second kappa shape index (κ2) is 9.92. The number of unbranched alkanes of at least 4 members (excludes halogenated alkanes) is 5. The number of carbonyl (C=O) groups excluding carboxylic acids is 3. The SMILES string of the molecule is O=C1CCC(N2Cc3c(CCCCCCCCNC45CC6CC(CC4C6)C5)cccc3C2=O)C(=O)N1. The van der Waals surface area contributed by atoms with Gasteiger partial charge in [-0.05, 0) is 99.3 Å². The van der Waals surface area contributed by atoms with Gasteiger partial charge in [-0.3, -0.25) is 19.7 Å². The largest absolute Gasteiger partial charge is 0.322 e. The van der Waals surface area contributed by atoms with E-state index in [0.717, 1.165) is 41.7 Å². The summed E-state index contributed by atoms with van der Waals surface area (Å²) < 4.78 is 0. The van der Waals surface area contributed by atoms with E-state index in [1.165, 1.54) is 76.3 Å². The third-order valence-corrected chi connectivity index (χ3v) is 10.0. The fraction of sp³-hybridized carbons (Fsp3) is 0.700. The van der Waals surface area contributed by atoms with Crippen LogP contribution < -0.4 is 10.6 Å². The van der Waals surface area contributed by atoms with Gasteiger partial charge in [-0.2, -0.15) is 0 Å². The maximum Gasteiger partial charge on any atom is 0.255 e. The van der Waals surface area contributed by atoms with Crippen LogP contribution in [0, 0.1) is 17.8 Å². The van der Waals surface area contributed by atoms with Gasteiger partial charge in [0.25, 0.3) is 5.91 Å². The lowest BCUT2D eigenvalue weighted by Gasteiger charge is -2.34. The monoisotopic (exact) mass is 491 g/mol. The predicted molar refractivity (Wildman–Crippen MR) is 138 cm³/mol. The summed E-state index contributed by atoms with van der Waals surface area (Å²) in [6.07, 6.45) is 16.6. The van der Waals surface area contributed by atoms with Crippen LogP contribution in [0.5, 0.6) is 0 Å². The third kappa shape index (κ3) is 4.51. The second-order valence-corrected chi connectivity index (χ2v) is 12.3. The molecule has 6 aliphatic rings. The fourth-order valence-corrected chi connectivity index (χ4v) is 8.45. The first-order chi connectivity index (χ1) is 17.5. The first-order valence-electron chi connectivity index (χ1n) is 14.5. The average Bonchev–Trinajstić information content (AvgIpc) is 3.40.